The number of thioether (sulfide) groups is 1. The van der Waals surface area contributed by atoms with Crippen molar-refractivity contribution in [1.82, 2.24) is 29.7 Å². The molecule has 1 aliphatic rings. The molecular formula is C12H17N7S. The Labute approximate surface area is 121 Å². The molecule has 2 aromatic rings. The maximum absolute atomic E-state index is 4.48. The van der Waals surface area contributed by atoms with Crippen molar-refractivity contribution in [2.45, 2.75) is 43.0 Å². The summed E-state index contributed by atoms with van der Waals surface area (Å²) in [5.41, 5.74) is 0. The van der Waals surface area contributed by atoms with Crippen molar-refractivity contribution in [2.24, 2.45) is 0 Å². The number of hydrogen-bond donors (Lipinski definition) is 1. The lowest BCUT2D eigenvalue weighted by atomic mass is 10.4. The smallest absolute Gasteiger partial charge is 0.257 e. The standard InChI is InChI=1S/C12H17N7S/c1-2-14-10-16-11(19-8-13-7-15-19)18-12(17-10)20-9-5-3-4-6-9/h7-9H,2-6H2,1H3,(H,14,16,17,18). The molecule has 0 atom stereocenters. The zero-order chi connectivity index (χ0) is 13.8. The molecule has 0 aliphatic heterocycles. The molecule has 1 N–H and O–H groups in total. The van der Waals surface area contributed by atoms with Gasteiger partial charge >= 0.3 is 0 Å². The van der Waals surface area contributed by atoms with Crippen LogP contribution in [-0.4, -0.2) is 41.5 Å². The van der Waals surface area contributed by atoms with Gasteiger partial charge < -0.3 is 5.32 Å². The summed E-state index contributed by atoms with van der Waals surface area (Å²) in [6.07, 6.45) is 8.16. The fourth-order valence-electron chi connectivity index (χ4n) is 2.20. The molecule has 0 saturated heterocycles. The van der Waals surface area contributed by atoms with Gasteiger partial charge in [-0.05, 0) is 19.8 Å². The third kappa shape index (κ3) is 3.06. The average molecular weight is 291 g/mol. The molecular weight excluding hydrogens is 274 g/mol. The lowest BCUT2D eigenvalue weighted by Gasteiger charge is -2.10. The zero-order valence-corrected chi connectivity index (χ0v) is 12.2. The van der Waals surface area contributed by atoms with E-state index in [0.717, 1.165) is 11.7 Å². The second-order valence-electron chi connectivity index (χ2n) is 4.64. The average Bonchev–Trinajstić information content (AvgIpc) is 3.11. The van der Waals surface area contributed by atoms with Gasteiger partial charge in [0.25, 0.3) is 5.95 Å². The summed E-state index contributed by atoms with van der Waals surface area (Å²) < 4.78 is 1.56. The second-order valence-corrected chi connectivity index (χ2v) is 5.90. The molecule has 106 valence electrons. The monoisotopic (exact) mass is 291 g/mol. The number of nitrogens with one attached hydrogen (secondary N) is 1. The molecule has 8 heteroatoms. The van der Waals surface area contributed by atoms with E-state index >= 15 is 0 Å². The molecule has 0 amide bonds. The van der Waals surface area contributed by atoms with Crippen molar-refractivity contribution in [3.63, 3.8) is 0 Å². The molecule has 0 unspecified atom stereocenters. The van der Waals surface area contributed by atoms with Gasteiger partial charge in [-0.25, -0.2) is 4.98 Å². The van der Waals surface area contributed by atoms with Crippen LogP contribution in [0.5, 0.6) is 0 Å². The quantitative estimate of drug-likeness (QED) is 0.901. The van der Waals surface area contributed by atoms with Crippen LogP contribution in [0.4, 0.5) is 5.95 Å². The molecule has 2 heterocycles. The molecule has 0 bridgehead atoms. The Kier molecular flexibility index (Phi) is 4.10. The number of aromatic nitrogens is 6. The van der Waals surface area contributed by atoms with Crippen LogP contribution in [0.25, 0.3) is 5.95 Å². The Morgan fingerprint density at radius 2 is 2.15 bits per heavy atom. The first kappa shape index (κ1) is 13.3. The lowest BCUT2D eigenvalue weighted by molar-refractivity contribution is 0.756. The molecule has 0 aromatic carbocycles. The minimum atomic E-state index is 0.508. The van der Waals surface area contributed by atoms with E-state index in [1.807, 2.05) is 6.92 Å². The summed E-state index contributed by atoms with van der Waals surface area (Å²) in [4.78, 5) is 17.2. The summed E-state index contributed by atoms with van der Waals surface area (Å²) >= 11 is 1.74. The van der Waals surface area contributed by atoms with Gasteiger partial charge in [0.15, 0.2) is 5.16 Å². The minimum absolute atomic E-state index is 0.508. The van der Waals surface area contributed by atoms with Gasteiger partial charge in [0, 0.05) is 11.8 Å². The third-order valence-electron chi connectivity index (χ3n) is 3.14. The molecule has 0 spiro atoms. The largest absolute Gasteiger partial charge is 0.354 e. The van der Waals surface area contributed by atoms with E-state index in [4.69, 9.17) is 0 Å². The Balaban J connectivity index is 1.87. The van der Waals surface area contributed by atoms with E-state index in [0.29, 0.717) is 17.1 Å². The normalized spacial score (nSPS) is 15.7. The fourth-order valence-corrected chi connectivity index (χ4v) is 3.35. The van der Waals surface area contributed by atoms with Crippen LogP contribution < -0.4 is 5.32 Å². The van der Waals surface area contributed by atoms with Gasteiger partial charge in [0.2, 0.25) is 5.95 Å². The van der Waals surface area contributed by atoms with Crippen LogP contribution in [0.1, 0.15) is 32.6 Å². The molecule has 3 rings (SSSR count). The van der Waals surface area contributed by atoms with Gasteiger partial charge in [-0.2, -0.15) is 24.7 Å². The maximum Gasteiger partial charge on any atom is 0.257 e. The van der Waals surface area contributed by atoms with Crippen LogP contribution in [0.15, 0.2) is 17.8 Å². The highest BCUT2D eigenvalue weighted by Gasteiger charge is 2.19. The van der Waals surface area contributed by atoms with Crippen LogP contribution in [0.3, 0.4) is 0 Å². The van der Waals surface area contributed by atoms with Crippen LogP contribution in [-0.2, 0) is 0 Å². The van der Waals surface area contributed by atoms with Gasteiger partial charge in [-0.15, -0.1) is 0 Å². The first-order chi connectivity index (χ1) is 9.85. The number of anilines is 1. The van der Waals surface area contributed by atoms with Gasteiger partial charge in [0.05, 0.1) is 0 Å². The van der Waals surface area contributed by atoms with E-state index in [9.17, 15) is 0 Å². The van der Waals surface area contributed by atoms with Crippen molar-refractivity contribution in [3.8, 4) is 5.95 Å². The fraction of sp³-hybridized carbons (Fsp3) is 0.583. The van der Waals surface area contributed by atoms with E-state index in [-0.39, 0.29) is 0 Å². The van der Waals surface area contributed by atoms with Crippen molar-refractivity contribution in [3.05, 3.63) is 12.7 Å². The molecule has 2 aromatic heterocycles. The second kappa shape index (κ2) is 6.17. The molecule has 1 aliphatic carbocycles. The van der Waals surface area contributed by atoms with E-state index in [1.54, 1.807) is 22.8 Å². The van der Waals surface area contributed by atoms with E-state index in [2.05, 4.69) is 30.4 Å². The number of hydrogen-bond acceptors (Lipinski definition) is 7. The van der Waals surface area contributed by atoms with Gasteiger partial charge in [0.1, 0.15) is 12.7 Å². The van der Waals surface area contributed by atoms with Gasteiger partial charge in [-0.1, -0.05) is 24.6 Å². The van der Waals surface area contributed by atoms with E-state index < -0.39 is 0 Å². The summed E-state index contributed by atoms with van der Waals surface area (Å²) in [5, 5.41) is 8.59. The first-order valence-corrected chi connectivity index (χ1v) is 7.74. The Morgan fingerprint density at radius 3 is 2.85 bits per heavy atom. The Bertz CT molecular complexity index is 551. The summed E-state index contributed by atoms with van der Waals surface area (Å²) in [6, 6.07) is 0. The minimum Gasteiger partial charge on any atom is -0.354 e. The topological polar surface area (TPSA) is 81.4 Å². The summed E-state index contributed by atoms with van der Waals surface area (Å²) in [7, 11) is 0. The highest BCUT2D eigenvalue weighted by atomic mass is 32.2. The first-order valence-electron chi connectivity index (χ1n) is 6.87. The molecule has 7 nitrogen and oxygen atoms in total. The highest BCUT2D eigenvalue weighted by molar-refractivity contribution is 7.99. The van der Waals surface area contributed by atoms with Crippen molar-refractivity contribution in [1.29, 1.82) is 0 Å². The van der Waals surface area contributed by atoms with Crippen LogP contribution in [0, 0.1) is 0 Å². The lowest BCUT2D eigenvalue weighted by Crippen LogP contribution is -2.10. The highest BCUT2D eigenvalue weighted by Crippen LogP contribution is 2.33. The third-order valence-corrected chi connectivity index (χ3v) is 4.33. The predicted octanol–water partition coefficient (Wildman–Crippen LogP) is 1.92. The molecule has 20 heavy (non-hydrogen) atoms. The Morgan fingerprint density at radius 1 is 1.30 bits per heavy atom. The maximum atomic E-state index is 4.48. The zero-order valence-electron chi connectivity index (χ0n) is 11.4. The SMILES string of the molecule is CCNc1nc(SC2CCCC2)nc(-n2cncn2)n1. The van der Waals surface area contributed by atoms with Gasteiger partial charge in [-0.3, -0.25) is 0 Å². The predicted molar refractivity (Wildman–Crippen MR) is 77.0 cm³/mol. The molecule has 1 fully saturated rings. The van der Waals surface area contributed by atoms with Crippen molar-refractivity contribution >= 4 is 17.7 Å². The summed E-state index contributed by atoms with van der Waals surface area (Å²) in [5.74, 6) is 1.10. The van der Waals surface area contributed by atoms with Crippen molar-refractivity contribution in [2.75, 3.05) is 11.9 Å². The molecule has 1 saturated carbocycles. The molecule has 0 radical (unpaired) electrons. The van der Waals surface area contributed by atoms with Crippen LogP contribution in [0.2, 0.25) is 0 Å². The van der Waals surface area contributed by atoms with E-state index in [1.165, 1.54) is 32.0 Å². The van der Waals surface area contributed by atoms with Crippen molar-refractivity contribution < 1.29 is 0 Å². The van der Waals surface area contributed by atoms with Crippen LogP contribution >= 0.6 is 11.8 Å². The number of nitrogens with zero attached hydrogens (tertiary/aromatic N) is 6. The summed E-state index contributed by atoms with van der Waals surface area (Å²) in [6.45, 7) is 2.79. The number of rotatable bonds is 5. The Hall–Kier alpha value is -1.70.